The van der Waals surface area contributed by atoms with E-state index in [9.17, 15) is 4.79 Å². The Labute approximate surface area is 188 Å². The minimum Gasteiger partial charge on any atom is -0.489 e. The molecule has 0 aliphatic carbocycles. The molecule has 3 aromatic rings. The lowest BCUT2D eigenvalue weighted by Crippen LogP contribution is -2.07. The van der Waals surface area contributed by atoms with Crippen LogP contribution in [0.5, 0.6) is 5.75 Å². The molecule has 0 radical (unpaired) electrons. The van der Waals surface area contributed by atoms with Crippen LogP contribution in [0.4, 0.5) is 0 Å². The molecule has 1 heterocycles. The molecule has 30 heavy (non-hydrogen) atoms. The summed E-state index contributed by atoms with van der Waals surface area (Å²) < 4.78 is 17.2. The molecular weight excluding hydrogens is 444 g/mol. The van der Waals surface area contributed by atoms with Gasteiger partial charge in [0.1, 0.15) is 17.9 Å². The van der Waals surface area contributed by atoms with E-state index in [0.29, 0.717) is 12.4 Å². The van der Waals surface area contributed by atoms with Gasteiger partial charge in [-0.05, 0) is 48.4 Å². The monoisotopic (exact) mass is 474 g/mol. The van der Waals surface area contributed by atoms with Crippen molar-refractivity contribution in [2.24, 2.45) is 0 Å². The highest BCUT2D eigenvalue weighted by Crippen LogP contribution is 2.29. The van der Waals surface area contributed by atoms with Gasteiger partial charge >= 0.3 is 5.97 Å². The molecule has 4 nitrogen and oxygen atoms in total. The number of methoxy groups -OCH3 is 1. The summed E-state index contributed by atoms with van der Waals surface area (Å²) in [4.78, 5) is 11.6. The topological polar surface area (TPSA) is 48.7 Å². The van der Waals surface area contributed by atoms with Crippen LogP contribution in [0, 0.1) is 0 Å². The number of allylic oxidation sites excluding steroid dienone is 1. The molecular formula is C25H31BrO4. The lowest BCUT2D eigenvalue weighted by molar-refractivity contribution is -0.139. The number of hydrogen-bond acceptors (Lipinski definition) is 4. The molecule has 162 valence electrons. The first-order chi connectivity index (χ1) is 14.5. The Kier molecular flexibility index (Phi) is 11.0. The minimum atomic E-state index is -0.304. The van der Waals surface area contributed by atoms with E-state index in [0.717, 1.165) is 37.7 Å². The Bertz CT molecular complexity index is 972. The number of fused-ring (bicyclic) bond motifs is 1. The summed E-state index contributed by atoms with van der Waals surface area (Å²) in [5.74, 6) is 0.343. The van der Waals surface area contributed by atoms with Crippen molar-refractivity contribution in [2.45, 2.75) is 47.6 Å². The fourth-order valence-corrected chi connectivity index (χ4v) is 3.08. The molecule has 0 saturated carbocycles. The second-order valence-electron chi connectivity index (χ2n) is 6.06. The van der Waals surface area contributed by atoms with Gasteiger partial charge in [-0.2, -0.15) is 0 Å². The second kappa shape index (κ2) is 12.9. The lowest BCUT2D eigenvalue weighted by atomic mass is 10.0. The van der Waals surface area contributed by atoms with Crippen LogP contribution in [-0.4, -0.2) is 13.1 Å². The number of carbonyl (C=O) groups is 1. The molecule has 0 bridgehead atoms. The molecule has 1 aromatic heterocycles. The number of rotatable bonds is 6. The number of ether oxygens (including phenoxy) is 2. The third-order valence-corrected chi connectivity index (χ3v) is 4.55. The van der Waals surface area contributed by atoms with Gasteiger partial charge in [0.15, 0.2) is 0 Å². The van der Waals surface area contributed by atoms with E-state index in [1.165, 1.54) is 7.11 Å². The van der Waals surface area contributed by atoms with Crippen molar-refractivity contribution < 1.29 is 18.7 Å². The summed E-state index contributed by atoms with van der Waals surface area (Å²) in [6, 6.07) is 11.6. The van der Waals surface area contributed by atoms with Gasteiger partial charge < -0.3 is 13.9 Å². The summed E-state index contributed by atoms with van der Waals surface area (Å²) in [5.41, 5.74) is 4.51. The van der Waals surface area contributed by atoms with E-state index in [2.05, 4.69) is 22.5 Å². The average Bonchev–Trinajstić information content (AvgIpc) is 3.24. The van der Waals surface area contributed by atoms with Gasteiger partial charge in [0.2, 0.25) is 0 Å². The van der Waals surface area contributed by atoms with Crippen molar-refractivity contribution in [3.05, 3.63) is 70.4 Å². The van der Waals surface area contributed by atoms with Gasteiger partial charge in [-0.15, -0.1) is 0 Å². The highest BCUT2D eigenvalue weighted by Gasteiger charge is 2.12. The fraction of sp³-hybridized carbons (Fsp3) is 0.320. The molecule has 0 amide bonds. The number of benzene rings is 2. The zero-order chi connectivity index (χ0) is 22.7. The Hall–Kier alpha value is -2.53. The highest BCUT2D eigenvalue weighted by atomic mass is 79.9. The number of furan rings is 1. The van der Waals surface area contributed by atoms with Crippen molar-refractivity contribution in [1.82, 2.24) is 0 Å². The smallest absolute Gasteiger partial charge is 0.310 e. The van der Waals surface area contributed by atoms with Crippen molar-refractivity contribution in [2.75, 3.05) is 7.11 Å². The van der Waals surface area contributed by atoms with Gasteiger partial charge in [0.25, 0.3) is 0 Å². The summed E-state index contributed by atoms with van der Waals surface area (Å²) in [6.45, 7) is 14.3. The van der Waals surface area contributed by atoms with Gasteiger partial charge in [-0.3, -0.25) is 4.79 Å². The maximum Gasteiger partial charge on any atom is 0.310 e. The summed E-state index contributed by atoms with van der Waals surface area (Å²) >= 11 is 3.44. The molecule has 0 fully saturated rings. The van der Waals surface area contributed by atoms with Crippen molar-refractivity contribution in [3.8, 4) is 5.75 Å². The fourth-order valence-electron chi connectivity index (χ4n) is 2.74. The molecule has 0 spiro atoms. The number of esters is 1. The quantitative estimate of drug-likeness (QED) is 0.345. The van der Waals surface area contributed by atoms with Crippen LogP contribution in [0.25, 0.3) is 16.5 Å². The van der Waals surface area contributed by atoms with Gasteiger partial charge in [0, 0.05) is 21.0 Å². The third-order valence-electron chi connectivity index (χ3n) is 4.06. The van der Waals surface area contributed by atoms with Crippen LogP contribution >= 0.6 is 15.9 Å². The van der Waals surface area contributed by atoms with E-state index in [-0.39, 0.29) is 12.4 Å². The first-order valence-electron chi connectivity index (χ1n) is 10.1. The first kappa shape index (κ1) is 25.5. The van der Waals surface area contributed by atoms with E-state index in [1.807, 2.05) is 71.0 Å². The SMILES string of the molecule is C=C(C)c1cc(COc2cc(Br)ccc2CC(=O)OC)cc2ccoc12.CC.CC. The Morgan fingerprint density at radius 1 is 1.10 bits per heavy atom. The predicted octanol–water partition coefficient (Wildman–Crippen LogP) is 7.58. The molecule has 0 aliphatic rings. The zero-order valence-corrected chi connectivity index (χ0v) is 20.3. The van der Waals surface area contributed by atoms with Gasteiger partial charge in [-0.1, -0.05) is 56.3 Å². The van der Waals surface area contributed by atoms with Crippen LogP contribution in [-0.2, 0) is 22.6 Å². The summed E-state index contributed by atoms with van der Waals surface area (Å²) in [5, 5.41) is 1.01. The van der Waals surface area contributed by atoms with Crippen LogP contribution in [0.1, 0.15) is 51.3 Å². The predicted molar refractivity (Wildman–Crippen MR) is 128 cm³/mol. The molecule has 0 saturated heterocycles. The summed E-state index contributed by atoms with van der Waals surface area (Å²) in [7, 11) is 1.38. The maximum atomic E-state index is 11.6. The van der Waals surface area contributed by atoms with Crippen LogP contribution < -0.4 is 4.74 Å². The van der Waals surface area contributed by atoms with Gasteiger partial charge in [-0.25, -0.2) is 0 Å². The van der Waals surface area contributed by atoms with E-state index >= 15 is 0 Å². The zero-order valence-electron chi connectivity index (χ0n) is 18.7. The third kappa shape index (κ3) is 6.77. The molecule has 0 aliphatic heterocycles. The van der Waals surface area contributed by atoms with Gasteiger partial charge in [0.05, 0.1) is 19.8 Å². The minimum absolute atomic E-state index is 0.164. The van der Waals surface area contributed by atoms with E-state index in [1.54, 1.807) is 6.26 Å². The molecule has 3 rings (SSSR count). The number of halogens is 1. The molecule has 0 atom stereocenters. The lowest BCUT2D eigenvalue weighted by Gasteiger charge is -2.13. The first-order valence-corrected chi connectivity index (χ1v) is 10.9. The molecule has 5 heteroatoms. The van der Waals surface area contributed by atoms with Crippen LogP contribution in [0.3, 0.4) is 0 Å². The van der Waals surface area contributed by atoms with Crippen molar-refractivity contribution in [3.63, 3.8) is 0 Å². The standard InChI is InChI=1S/C21H19BrO4.2C2H6/c1-13(2)18-9-14(8-16-6-7-25-21(16)18)12-26-19-11-17(22)5-4-15(19)10-20(23)24-3;2*1-2/h4-9,11H,1,10,12H2,2-3H3;2*1-2H3. The van der Waals surface area contributed by atoms with Crippen LogP contribution in [0.2, 0.25) is 0 Å². The van der Waals surface area contributed by atoms with E-state index < -0.39 is 0 Å². The molecule has 2 aromatic carbocycles. The van der Waals surface area contributed by atoms with Crippen molar-refractivity contribution >= 4 is 38.4 Å². The normalized spacial score (nSPS) is 9.70. The molecule has 0 N–H and O–H groups in total. The Morgan fingerprint density at radius 3 is 2.43 bits per heavy atom. The second-order valence-corrected chi connectivity index (χ2v) is 6.97. The largest absolute Gasteiger partial charge is 0.489 e. The van der Waals surface area contributed by atoms with Crippen molar-refractivity contribution in [1.29, 1.82) is 0 Å². The Balaban J connectivity index is 0.00000106. The maximum absolute atomic E-state index is 11.6. The Morgan fingerprint density at radius 2 is 1.80 bits per heavy atom. The number of carbonyl (C=O) groups excluding carboxylic acids is 1. The van der Waals surface area contributed by atoms with E-state index in [4.69, 9.17) is 13.9 Å². The summed E-state index contributed by atoms with van der Waals surface area (Å²) in [6.07, 6.45) is 1.83. The average molecular weight is 475 g/mol. The number of hydrogen-bond donors (Lipinski definition) is 0. The van der Waals surface area contributed by atoms with Crippen LogP contribution in [0.15, 0.2) is 58.1 Å². The molecule has 0 unspecified atom stereocenters. The highest BCUT2D eigenvalue weighted by molar-refractivity contribution is 9.10.